The molecule has 1 aromatic rings. The van der Waals surface area contributed by atoms with Gasteiger partial charge in [0.25, 0.3) is 0 Å². The lowest BCUT2D eigenvalue weighted by Crippen LogP contribution is -2.25. The number of ketones is 1. The van der Waals surface area contributed by atoms with Crippen LogP contribution >= 0.6 is 15.9 Å². The van der Waals surface area contributed by atoms with Crippen LogP contribution in [-0.2, 0) is 9.53 Å². The van der Waals surface area contributed by atoms with Gasteiger partial charge in [0.2, 0.25) is 0 Å². The minimum absolute atomic E-state index is 0.0932. The van der Waals surface area contributed by atoms with Crippen LogP contribution in [0.25, 0.3) is 0 Å². The lowest BCUT2D eigenvalue weighted by Gasteiger charge is -2.13. The van der Waals surface area contributed by atoms with Gasteiger partial charge in [-0.25, -0.2) is 4.79 Å². The molecule has 1 atom stereocenters. The van der Waals surface area contributed by atoms with Crippen LogP contribution in [0.2, 0.25) is 0 Å². The first-order valence-electron chi connectivity index (χ1n) is 7.00. The Morgan fingerprint density at radius 1 is 1.42 bits per heavy atom. The van der Waals surface area contributed by atoms with Gasteiger partial charge in [0.1, 0.15) is 5.92 Å². The Hall–Kier alpha value is -2.40. The van der Waals surface area contributed by atoms with E-state index in [0.29, 0.717) is 22.6 Å². The minimum atomic E-state index is -1.21. The third kappa shape index (κ3) is 4.80. The third-order valence-electron chi connectivity index (χ3n) is 2.98. The van der Waals surface area contributed by atoms with E-state index >= 15 is 0 Å². The van der Waals surface area contributed by atoms with Gasteiger partial charge in [0.15, 0.2) is 23.9 Å². The number of nitriles is 1. The molecule has 0 heterocycles. The summed E-state index contributed by atoms with van der Waals surface area (Å²) in [7, 11) is 1.47. The quantitative estimate of drug-likeness (QED) is 0.534. The Kier molecular flexibility index (Phi) is 7.39. The second-order valence-corrected chi connectivity index (χ2v) is 5.56. The Morgan fingerprint density at radius 3 is 2.58 bits per heavy atom. The molecule has 1 N–H and O–H groups in total. The summed E-state index contributed by atoms with van der Waals surface area (Å²) in [4.78, 5) is 23.9. The number of carbonyl (C=O) groups excluding carboxylic acids is 2. The van der Waals surface area contributed by atoms with Gasteiger partial charge in [0, 0.05) is 5.71 Å². The molecule has 24 heavy (non-hydrogen) atoms. The zero-order chi connectivity index (χ0) is 18.3. The molecule has 0 saturated heterocycles. The Bertz CT molecular complexity index is 696. The fraction of sp³-hybridized carbons (Fsp3) is 0.375. The SMILES string of the molecule is CCOc1cc(C(=O)OCC(=O)[C@H](C#N)C(C)=N)cc(Br)c1OC. The van der Waals surface area contributed by atoms with Crippen molar-refractivity contribution in [1.82, 2.24) is 0 Å². The molecule has 8 heteroatoms. The molecule has 0 aromatic heterocycles. The monoisotopic (exact) mass is 396 g/mol. The first-order chi connectivity index (χ1) is 11.3. The summed E-state index contributed by atoms with van der Waals surface area (Å²) in [5.74, 6) is -1.80. The third-order valence-corrected chi connectivity index (χ3v) is 3.57. The number of hydrogen-bond donors (Lipinski definition) is 1. The predicted octanol–water partition coefficient (Wildman–Crippen LogP) is 2.76. The highest BCUT2D eigenvalue weighted by molar-refractivity contribution is 9.10. The van der Waals surface area contributed by atoms with Crippen molar-refractivity contribution >= 4 is 33.4 Å². The molecule has 0 aliphatic rings. The standard InChI is InChI=1S/C16H17BrN2O5/c1-4-23-14-6-10(5-12(17)15(14)22-3)16(21)24-8-13(20)11(7-18)9(2)19/h5-6,11,19H,4,8H2,1-3H3/t11-/m1/s1. The summed E-state index contributed by atoms with van der Waals surface area (Å²) in [6.07, 6.45) is 0. The average Bonchev–Trinajstić information content (AvgIpc) is 2.52. The Balaban J connectivity index is 2.91. The molecule has 1 aromatic carbocycles. The van der Waals surface area contributed by atoms with Crippen molar-refractivity contribution in [3.05, 3.63) is 22.2 Å². The van der Waals surface area contributed by atoms with E-state index in [1.807, 2.05) is 0 Å². The largest absolute Gasteiger partial charge is 0.492 e. The minimum Gasteiger partial charge on any atom is -0.492 e. The summed E-state index contributed by atoms with van der Waals surface area (Å²) >= 11 is 3.28. The second-order valence-electron chi connectivity index (χ2n) is 4.71. The van der Waals surface area contributed by atoms with E-state index in [1.165, 1.54) is 26.2 Å². The van der Waals surface area contributed by atoms with E-state index in [-0.39, 0.29) is 11.3 Å². The van der Waals surface area contributed by atoms with E-state index in [2.05, 4.69) is 15.9 Å². The Labute approximate surface area is 148 Å². The summed E-state index contributed by atoms with van der Waals surface area (Å²) in [6.45, 7) is 2.93. The van der Waals surface area contributed by atoms with Crippen LogP contribution in [0.4, 0.5) is 0 Å². The van der Waals surface area contributed by atoms with Crippen molar-refractivity contribution in [3.8, 4) is 17.6 Å². The van der Waals surface area contributed by atoms with Gasteiger partial charge in [-0.2, -0.15) is 5.26 Å². The maximum absolute atomic E-state index is 12.1. The van der Waals surface area contributed by atoms with Gasteiger partial charge >= 0.3 is 5.97 Å². The number of rotatable bonds is 8. The van der Waals surface area contributed by atoms with E-state index in [0.717, 1.165) is 0 Å². The number of ether oxygens (including phenoxy) is 3. The number of Topliss-reactive ketones (excluding diaryl/α,β-unsaturated/α-hetero) is 1. The van der Waals surface area contributed by atoms with Gasteiger partial charge in [-0.1, -0.05) is 0 Å². The van der Waals surface area contributed by atoms with Gasteiger partial charge < -0.3 is 19.6 Å². The summed E-state index contributed by atoms with van der Waals surface area (Å²) in [5.41, 5.74) is 0.0726. The van der Waals surface area contributed by atoms with Crippen LogP contribution < -0.4 is 9.47 Å². The number of carbonyl (C=O) groups is 2. The van der Waals surface area contributed by atoms with Crippen LogP contribution in [0.5, 0.6) is 11.5 Å². The molecule has 128 valence electrons. The van der Waals surface area contributed by atoms with Crippen molar-refractivity contribution in [1.29, 1.82) is 10.7 Å². The van der Waals surface area contributed by atoms with Gasteiger partial charge in [-0.05, 0) is 41.9 Å². The molecule has 1 rings (SSSR count). The molecule has 0 fully saturated rings. The number of benzene rings is 1. The van der Waals surface area contributed by atoms with Crippen molar-refractivity contribution in [2.24, 2.45) is 5.92 Å². The molecule has 7 nitrogen and oxygen atoms in total. The van der Waals surface area contributed by atoms with Gasteiger partial charge in [-0.3, -0.25) is 4.79 Å². The molecular formula is C16H17BrN2O5. The van der Waals surface area contributed by atoms with Crippen molar-refractivity contribution in [2.75, 3.05) is 20.3 Å². The number of hydrogen-bond acceptors (Lipinski definition) is 7. The second kappa shape index (κ2) is 9.03. The molecule has 0 radical (unpaired) electrons. The van der Waals surface area contributed by atoms with Crippen LogP contribution in [-0.4, -0.2) is 37.8 Å². The molecule has 0 aliphatic heterocycles. The normalized spacial score (nSPS) is 11.1. The number of methoxy groups -OCH3 is 1. The van der Waals surface area contributed by atoms with Crippen molar-refractivity contribution in [2.45, 2.75) is 13.8 Å². The first-order valence-corrected chi connectivity index (χ1v) is 7.79. The van der Waals surface area contributed by atoms with Crippen LogP contribution in [0.3, 0.4) is 0 Å². The molecule has 0 aliphatic carbocycles. The highest BCUT2D eigenvalue weighted by Crippen LogP contribution is 2.36. The fourth-order valence-corrected chi connectivity index (χ4v) is 2.46. The molecule has 0 saturated carbocycles. The van der Waals surface area contributed by atoms with Crippen LogP contribution in [0.15, 0.2) is 16.6 Å². The fourth-order valence-electron chi connectivity index (χ4n) is 1.86. The van der Waals surface area contributed by atoms with Crippen LogP contribution in [0, 0.1) is 22.7 Å². The maximum atomic E-state index is 12.1. The molecule has 0 unspecified atom stereocenters. The lowest BCUT2D eigenvalue weighted by atomic mass is 10.0. The van der Waals surface area contributed by atoms with Gasteiger partial charge in [0.05, 0.1) is 29.8 Å². The van der Waals surface area contributed by atoms with Crippen LogP contribution in [0.1, 0.15) is 24.2 Å². The molecule has 0 spiro atoms. The lowest BCUT2D eigenvalue weighted by molar-refractivity contribution is -0.122. The zero-order valence-electron chi connectivity index (χ0n) is 13.5. The number of nitrogens with zero attached hydrogens (tertiary/aromatic N) is 1. The highest BCUT2D eigenvalue weighted by Gasteiger charge is 2.22. The van der Waals surface area contributed by atoms with Crippen molar-refractivity contribution < 1.29 is 23.8 Å². The molecule has 0 amide bonds. The predicted molar refractivity (Wildman–Crippen MR) is 89.7 cm³/mol. The Morgan fingerprint density at radius 2 is 2.08 bits per heavy atom. The smallest absolute Gasteiger partial charge is 0.338 e. The zero-order valence-corrected chi connectivity index (χ0v) is 15.1. The summed E-state index contributed by atoms with van der Waals surface area (Å²) in [5, 5.41) is 16.2. The number of esters is 1. The summed E-state index contributed by atoms with van der Waals surface area (Å²) < 4.78 is 16.0. The van der Waals surface area contributed by atoms with Crippen molar-refractivity contribution in [3.63, 3.8) is 0 Å². The topological polar surface area (TPSA) is 109 Å². The van der Waals surface area contributed by atoms with E-state index in [1.54, 1.807) is 13.0 Å². The van der Waals surface area contributed by atoms with Gasteiger partial charge in [-0.15, -0.1) is 0 Å². The first kappa shape index (κ1) is 19.6. The van der Waals surface area contributed by atoms with E-state index in [9.17, 15) is 9.59 Å². The number of nitrogens with one attached hydrogen (secondary N) is 1. The molecule has 0 bridgehead atoms. The highest BCUT2D eigenvalue weighted by atomic mass is 79.9. The van der Waals surface area contributed by atoms with E-state index in [4.69, 9.17) is 24.9 Å². The molecular weight excluding hydrogens is 380 g/mol. The number of halogens is 1. The maximum Gasteiger partial charge on any atom is 0.338 e. The average molecular weight is 397 g/mol. The van der Waals surface area contributed by atoms with E-state index < -0.39 is 24.3 Å². The summed E-state index contributed by atoms with van der Waals surface area (Å²) in [6, 6.07) is 4.64.